The van der Waals surface area contributed by atoms with Crippen molar-refractivity contribution in [2.75, 3.05) is 0 Å². The van der Waals surface area contributed by atoms with E-state index >= 15 is 0 Å². The largest absolute Gasteiger partial charge is 0.455 e. The van der Waals surface area contributed by atoms with E-state index in [0.29, 0.717) is 22.6 Å². The Labute approximate surface area is 124 Å². The summed E-state index contributed by atoms with van der Waals surface area (Å²) in [6, 6.07) is 13.6. The number of hydrogen-bond donors (Lipinski definition) is 0. The Morgan fingerprint density at radius 2 is 1.84 bits per heavy atom. The first-order valence-electron chi connectivity index (χ1n) is 6.23. The van der Waals surface area contributed by atoms with Gasteiger partial charge in [0.05, 0.1) is 10.9 Å². The van der Waals surface area contributed by atoms with Crippen molar-refractivity contribution in [1.29, 1.82) is 0 Å². The second-order valence-electron chi connectivity index (χ2n) is 4.69. The molecule has 0 saturated heterocycles. The summed E-state index contributed by atoms with van der Waals surface area (Å²) in [4.78, 5) is 0. The maximum atomic E-state index is 6.18. The predicted octanol–water partition coefficient (Wildman–Crippen LogP) is 5.99. The maximum absolute atomic E-state index is 6.18. The summed E-state index contributed by atoms with van der Waals surface area (Å²) in [6.45, 7) is 4.30. The standard InChI is InChI=1S/C16H16Cl2O/c1-11(2)12-5-3-7-14(9-12)19-16-13(10-17)6-4-8-15(16)18/h3-9,11H,10H2,1-2H3. The first-order chi connectivity index (χ1) is 9.11. The number of alkyl halides is 1. The van der Waals surface area contributed by atoms with Gasteiger partial charge in [0.25, 0.3) is 0 Å². The van der Waals surface area contributed by atoms with Gasteiger partial charge in [0.1, 0.15) is 11.5 Å². The lowest BCUT2D eigenvalue weighted by molar-refractivity contribution is 0.477. The Hall–Kier alpha value is -1.18. The SMILES string of the molecule is CC(C)c1cccc(Oc2c(Cl)cccc2CCl)c1. The predicted molar refractivity (Wildman–Crippen MR) is 81.6 cm³/mol. The fourth-order valence-corrected chi connectivity index (χ4v) is 2.27. The molecule has 0 saturated carbocycles. The van der Waals surface area contributed by atoms with E-state index in [1.165, 1.54) is 5.56 Å². The van der Waals surface area contributed by atoms with Gasteiger partial charge in [-0.3, -0.25) is 0 Å². The Balaban J connectivity index is 2.33. The van der Waals surface area contributed by atoms with Crippen LogP contribution < -0.4 is 4.74 Å². The van der Waals surface area contributed by atoms with Gasteiger partial charge in [-0.1, -0.05) is 49.7 Å². The topological polar surface area (TPSA) is 9.23 Å². The summed E-state index contributed by atoms with van der Waals surface area (Å²) >= 11 is 12.1. The average molecular weight is 295 g/mol. The summed E-state index contributed by atoms with van der Waals surface area (Å²) in [7, 11) is 0. The molecule has 0 amide bonds. The number of para-hydroxylation sites is 1. The number of ether oxygens (including phenoxy) is 1. The molecule has 0 unspecified atom stereocenters. The van der Waals surface area contributed by atoms with Crippen LogP contribution in [0.2, 0.25) is 5.02 Å². The van der Waals surface area contributed by atoms with Crippen molar-refractivity contribution in [3.05, 3.63) is 58.6 Å². The van der Waals surface area contributed by atoms with Crippen molar-refractivity contribution in [2.45, 2.75) is 25.6 Å². The number of rotatable bonds is 4. The molecule has 0 heterocycles. The summed E-state index contributed by atoms with van der Waals surface area (Å²) < 4.78 is 5.91. The minimum atomic E-state index is 0.375. The van der Waals surface area contributed by atoms with Gasteiger partial charge in [0.2, 0.25) is 0 Å². The summed E-state index contributed by atoms with van der Waals surface area (Å²) in [5.41, 5.74) is 2.13. The zero-order valence-corrected chi connectivity index (χ0v) is 12.5. The number of halogens is 2. The minimum Gasteiger partial charge on any atom is -0.455 e. The van der Waals surface area contributed by atoms with Crippen LogP contribution in [0.15, 0.2) is 42.5 Å². The van der Waals surface area contributed by atoms with E-state index in [9.17, 15) is 0 Å². The fourth-order valence-electron chi connectivity index (χ4n) is 1.83. The van der Waals surface area contributed by atoms with Crippen molar-refractivity contribution < 1.29 is 4.74 Å². The van der Waals surface area contributed by atoms with Crippen LogP contribution in [0.1, 0.15) is 30.9 Å². The van der Waals surface area contributed by atoms with Gasteiger partial charge in [-0.25, -0.2) is 0 Å². The average Bonchev–Trinajstić information content (AvgIpc) is 2.41. The second-order valence-corrected chi connectivity index (χ2v) is 5.37. The van der Waals surface area contributed by atoms with Crippen molar-refractivity contribution in [3.8, 4) is 11.5 Å². The van der Waals surface area contributed by atoms with Crippen LogP contribution in [0.25, 0.3) is 0 Å². The molecule has 0 aliphatic heterocycles. The second kappa shape index (κ2) is 6.31. The first-order valence-corrected chi connectivity index (χ1v) is 7.14. The summed E-state index contributed by atoms with van der Waals surface area (Å²) in [6.07, 6.45) is 0. The van der Waals surface area contributed by atoms with Crippen LogP contribution in [0, 0.1) is 0 Å². The Kier molecular flexibility index (Phi) is 4.73. The molecule has 2 aromatic rings. The molecule has 0 aliphatic rings. The van der Waals surface area contributed by atoms with Crippen LogP contribution in [0.5, 0.6) is 11.5 Å². The van der Waals surface area contributed by atoms with Gasteiger partial charge in [-0.15, -0.1) is 11.6 Å². The lowest BCUT2D eigenvalue weighted by atomic mass is 10.0. The normalized spacial score (nSPS) is 10.8. The fraction of sp³-hybridized carbons (Fsp3) is 0.250. The highest BCUT2D eigenvalue weighted by molar-refractivity contribution is 6.32. The van der Waals surface area contributed by atoms with E-state index in [-0.39, 0.29) is 0 Å². The molecular weight excluding hydrogens is 279 g/mol. The van der Waals surface area contributed by atoms with Crippen LogP contribution in [0.3, 0.4) is 0 Å². The summed E-state index contributed by atoms with van der Waals surface area (Å²) in [5, 5.41) is 0.577. The highest BCUT2D eigenvalue weighted by Gasteiger charge is 2.09. The van der Waals surface area contributed by atoms with Crippen LogP contribution in [-0.4, -0.2) is 0 Å². The maximum Gasteiger partial charge on any atom is 0.150 e. The van der Waals surface area contributed by atoms with Crippen molar-refractivity contribution >= 4 is 23.2 Å². The van der Waals surface area contributed by atoms with Gasteiger partial charge < -0.3 is 4.74 Å². The molecule has 0 aromatic heterocycles. The zero-order valence-electron chi connectivity index (χ0n) is 11.0. The number of hydrogen-bond acceptors (Lipinski definition) is 1. The van der Waals surface area contributed by atoms with E-state index in [1.807, 2.05) is 30.3 Å². The molecule has 19 heavy (non-hydrogen) atoms. The molecule has 2 rings (SSSR count). The quantitative estimate of drug-likeness (QED) is 0.629. The molecule has 2 aromatic carbocycles. The van der Waals surface area contributed by atoms with E-state index < -0.39 is 0 Å². The van der Waals surface area contributed by atoms with Crippen LogP contribution >= 0.6 is 23.2 Å². The third-order valence-electron chi connectivity index (χ3n) is 2.94. The minimum absolute atomic E-state index is 0.375. The van der Waals surface area contributed by atoms with E-state index in [0.717, 1.165) is 11.3 Å². The first kappa shape index (κ1) is 14.2. The van der Waals surface area contributed by atoms with Gasteiger partial charge in [0.15, 0.2) is 0 Å². The van der Waals surface area contributed by atoms with Crippen molar-refractivity contribution in [2.24, 2.45) is 0 Å². The molecular formula is C16H16Cl2O. The Bertz CT molecular complexity index is 564. The van der Waals surface area contributed by atoms with Gasteiger partial charge in [-0.05, 0) is 29.7 Å². The van der Waals surface area contributed by atoms with Crippen LogP contribution in [-0.2, 0) is 5.88 Å². The zero-order chi connectivity index (χ0) is 13.8. The molecule has 3 heteroatoms. The van der Waals surface area contributed by atoms with Gasteiger partial charge in [-0.2, -0.15) is 0 Å². The summed E-state index contributed by atoms with van der Waals surface area (Å²) in [5.74, 6) is 2.26. The third kappa shape index (κ3) is 3.43. The lowest BCUT2D eigenvalue weighted by Gasteiger charge is -2.13. The molecule has 1 nitrogen and oxygen atoms in total. The highest BCUT2D eigenvalue weighted by Crippen LogP contribution is 2.34. The van der Waals surface area contributed by atoms with Gasteiger partial charge in [0, 0.05) is 5.56 Å². The van der Waals surface area contributed by atoms with Gasteiger partial charge >= 0.3 is 0 Å². The molecule has 0 aliphatic carbocycles. The molecule has 0 fully saturated rings. The molecule has 0 N–H and O–H groups in total. The monoisotopic (exact) mass is 294 g/mol. The van der Waals surface area contributed by atoms with E-state index in [1.54, 1.807) is 6.07 Å². The number of benzene rings is 2. The molecule has 0 spiro atoms. The van der Waals surface area contributed by atoms with Crippen molar-refractivity contribution in [1.82, 2.24) is 0 Å². The molecule has 0 radical (unpaired) electrons. The third-order valence-corrected chi connectivity index (χ3v) is 3.52. The van der Waals surface area contributed by atoms with E-state index in [2.05, 4.69) is 19.9 Å². The molecule has 0 atom stereocenters. The molecule has 100 valence electrons. The van der Waals surface area contributed by atoms with E-state index in [4.69, 9.17) is 27.9 Å². The van der Waals surface area contributed by atoms with Crippen molar-refractivity contribution in [3.63, 3.8) is 0 Å². The Morgan fingerprint density at radius 3 is 2.53 bits per heavy atom. The Morgan fingerprint density at radius 1 is 1.11 bits per heavy atom. The highest BCUT2D eigenvalue weighted by atomic mass is 35.5. The lowest BCUT2D eigenvalue weighted by Crippen LogP contribution is -1.93. The molecule has 0 bridgehead atoms. The van der Waals surface area contributed by atoms with Crippen LogP contribution in [0.4, 0.5) is 0 Å². The smallest absolute Gasteiger partial charge is 0.150 e.